The van der Waals surface area contributed by atoms with Gasteiger partial charge in [0.25, 0.3) is 0 Å². The van der Waals surface area contributed by atoms with Crippen LogP contribution in [-0.2, 0) is 13.6 Å². The van der Waals surface area contributed by atoms with Crippen molar-refractivity contribution >= 4 is 31.5 Å². The van der Waals surface area contributed by atoms with Crippen LogP contribution < -0.4 is 9.47 Å². The van der Waals surface area contributed by atoms with Gasteiger partial charge in [-0.3, -0.25) is 0 Å². The van der Waals surface area contributed by atoms with Gasteiger partial charge in [-0.05, 0) is 24.3 Å². The van der Waals surface area contributed by atoms with Crippen molar-refractivity contribution in [2.75, 3.05) is 27.4 Å². The first-order valence-corrected chi connectivity index (χ1v) is 9.97. The van der Waals surface area contributed by atoms with Gasteiger partial charge in [-0.1, -0.05) is 35.3 Å². The molecule has 0 bridgehead atoms. The molecule has 0 saturated heterocycles. The third-order valence-corrected chi connectivity index (χ3v) is 5.18. The summed E-state index contributed by atoms with van der Waals surface area (Å²) in [6.07, 6.45) is -2.22. The quantitative estimate of drug-likeness (QED) is 0.516. The number of rotatable bonds is 10. The normalized spacial score (nSPS) is 13.7. The largest absolute Gasteiger partial charge is 0.697 e. The van der Waals surface area contributed by atoms with Gasteiger partial charge in [-0.25, -0.2) is 0 Å². The molecular weight excluding hydrogens is 430 g/mol. The van der Waals surface area contributed by atoms with Gasteiger partial charge in [0, 0.05) is 15.7 Å². The first-order chi connectivity index (χ1) is 13.3. The number of methoxy groups -OCH3 is 2. The Hall–Kier alpha value is -1.44. The molecule has 2 rings (SSSR count). The molecular formula is C18H20Cl2O7P+. The van der Waals surface area contributed by atoms with Gasteiger partial charge in [0.1, 0.15) is 36.9 Å². The zero-order valence-electron chi connectivity index (χ0n) is 15.2. The lowest BCUT2D eigenvalue weighted by atomic mass is 10.1. The van der Waals surface area contributed by atoms with Crippen LogP contribution in [0.1, 0.15) is 23.3 Å². The van der Waals surface area contributed by atoms with Crippen LogP contribution in [0.15, 0.2) is 36.4 Å². The van der Waals surface area contributed by atoms with Crippen molar-refractivity contribution in [1.82, 2.24) is 0 Å². The third-order valence-electron chi connectivity index (χ3n) is 3.81. The zero-order valence-corrected chi connectivity index (χ0v) is 17.6. The minimum atomic E-state index is -2.57. The van der Waals surface area contributed by atoms with Crippen molar-refractivity contribution in [2.24, 2.45) is 0 Å². The maximum Gasteiger partial charge on any atom is 0.697 e. The second-order valence-corrected chi connectivity index (χ2v) is 7.40. The highest BCUT2D eigenvalue weighted by molar-refractivity contribution is 7.33. The average Bonchev–Trinajstić information content (AvgIpc) is 2.69. The second kappa shape index (κ2) is 10.9. The number of hydrogen-bond donors (Lipinski definition) is 2. The average molecular weight is 450 g/mol. The van der Waals surface area contributed by atoms with Crippen LogP contribution in [0.25, 0.3) is 0 Å². The van der Waals surface area contributed by atoms with Gasteiger partial charge in [0.2, 0.25) is 0 Å². The molecule has 28 heavy (non-hydrogen) atoms. The summed E-state index contributed by atoms with van der Waals surface area (Å²) >= 11 is 12.1. The van der Waals surface area contributed by atoms with E-state index in [1.54, 1.807) is 36.4 Å². The monoisotopic (exact) mass is 449 g/mol. The van der Waals surface area contributed by atoms with Crippen molar-refractivity contribution < 1.29 is 33.3 Å². The first-order valence-electron chi connectivity index (χ1n) is 8.11. The van der Waals surface area contributed by atoms with Gasteiger partial charge in [-0.2, -0.15) is 0 Å². The SMILES string of the molecule is COc1ccc(C(O)CO[P+](=O)OCC(O)c2ccc(OC)cc2Cl)c(Cl)c1. The molecule has 7 nitrogen and oxygen atoms in total. The van der Waals surface area contributed by atoms with Crippen molar-refractivity contribution in [3.05, 3.63) is 57.6 Å². The number of aliphatic hydroxyl groups is 2. The highest BCUT2D eigenvalue weighted by Crippen LogP contribution is 2.33. The van der Waals surface area contributed by atoms with Gasteiger partial charge in [0.15, 0.2) is 0 Å². The lowest BCUT2D eigenvalue weighted by Gasteiger charge is -2.11. The minimum Gasteiger partial charge on any atom is -0.497 e. The number of aliphatic hydroxyl groups excluding tert-OH is 2. The predicted molar refractivity (Wildman–Crippen MR) is 105 cm³/mol. The fourth-order valence-electron chi connectivity index (χ4n) is 2.29. The summed E-state index contributed by atoms with van der Waals surface area (Å²) in [5.74, 6) is 1.09. The Balaban J connectivity index is 1.84. The third kappa shape index (κ3) is 6.29. The Morgan fingerprint density at radius 1 is 0.857 bits per heavy atom. The molecule has 2 aromatic rings. The minimum absolute atomic E-state index is 0.288. The molecule has 0 fully saturated rings. The molecule has 2 aromatic carbocycles. The molecule has 152 valence electrons. The molecule has 0 aliphatic carbocycles. The van der Waals surface area contributed by atoms with Gasteiger partial charge in [0.05, 0.1) is 24.3 Å². The van der Waals surface area contributed by atoms with Crippen molar-refractivity contribution in [3.8, 4) is 11.5 Å². The van der Waals surface area contributed by atoms with Crippen LogP contribution in [0.2, 0.25) is 10.0 Å². The summed E-state index contributed by atoms with van der Waals surface area (Å²) in [5.41, 5.74) is 0.798. The lowest BCUT2D eigenvalue weighted by Crippen LogP contribution is -2.08. The van der Waals surface area contributed by atoms with E-state index in [0.29, 0.717) is 22.6 Å². The first kappa shape index (κ1) is 22.8. The van der Waals surface area contributed by atoms with Crippen molar-refractivity contribution in [2.45, 2.75) is 12.2 Å². The van der Waals surface area contributed by atoms with Crippen LogP contribution in [0.5, 0.6) is 11.5 Å². The van der Waals surface area contributed by atoms with E-state index in [9.17, 15) is 14.8 Å². The summed E-state index contributed by atoms with van der Waals surface area (Å²) in [6, 6.07) is 9.53. The molecule has 2 N–H and O–H groups in total. The molecule has 2 unspecified atom stereocenters. The number of ether oxygens (including phenoxy) is 2. The van der Waals surface area contributed by atoms with Crippen LogP contribution >= 0.6 is 31.5 Å². The molecule has 0 aromatic heterocycles. The molecule has 0 aliphatic heterocycles. The summed E-state index contributed by atoms with van der Waals surface area (Å²) in [4.78, 5) is 0. The molecule has 0 spiro atoms. The molecule has 0 aliphatic rings. The van der Waals surface area contributed by atoms with Crippen LogP contribution in [0, 0.1) is 0 Å². The Morgan fingerprint density at radius 3 is 1.57 bits per heavy atom. The van der Waals surface area contributed by atoms with Gasteiger partial charge >= 0.3 is 8.25 Å². The maximum atomic E-state index is 11.9. The van der Waals surface area contributed by atoms with E-state index in [1.165, 1.54) is 14.2 Å². The maximum absolute atomic E-state index is 11.9. The Kier molecular flexibility index (Phi) is 8.92. The van der Waals surface area contributed by atoms with E-state index in [0.717, 1.165) is 0 Å². The molecule has 2 atom stereocenters. The lowest BCUT2D eigenvalue weighted by molar-refractivity contribution is 0.0769. The van der Waals surface area contributed by atoms with Crippen molar-refractivity contribution in [1.29, 1.82) is 0 Å². The molecule has 0 amide bonds. The molecule has 0 heterocycles. The second-order valence-electron chi connectivity index (χ2n) is 5.62. The fourth-order valence-corrected chi connectivity index (χ4v) is 3.48. The fraction of sp³-hybridized carbons (Fsp3) is 0.333. The van der Waals surface area contributed by atoms with E-state index < -0.39 is 20.5 Å². The topological polar surface area (TPSA) is 94.5 Å². The van der Waals surface area contributed by atoms with Crippen LogP contribution in [0.3, 0.4) is 0 Å². The summed E-state index contributed by atoms with van der Waals surface area (Å²) in [7, 11) is 0.431. The Labute approximate surface area is 173 Å². The smallest absolute Gasteiger partial charge is 0.497 e. The number of halogens is 2. The van der Waals surface area contributed by atoms with E-state index in [-0.39, 0.29) is 23.3 Å². The number of hydrogen-bond acceptors (Lipinski definition) is 7. The summed E-state index contributed by atoms with van der Waals surface area (Å²) in [6.45, 7) is -0.610. The standard InChI is InChI=1S/C18H20Cl2O7P/c1-24-11-3-5-13(15(19)7-11)17(21)9-26-28(23)27-10-18(22)14-6-4-12(25-2)8-16(14)20/h3-8,17-18,21-22H,9-10H2,1-2H3/q+1. The van der Waals surface area contributed by atoms with Gasteiger partial charge in [-0.15, -0.1) is 9.05 Å². The molecule has 0 radical (unpaired) electrons. The highest BCUT2D eigenvalue weighted by Gasteiger charge is 2.26. The molecule has 0 saturated carbocycles. The Bertz CT molecular complexity index is 753. The van der Waals surface area contributed by atoms with E-state index >= 15 is 0 Å². The van der Waals surface area contributed by atoms with Crippen LogP contribution in [-0.4, -0.2) is 37.6 Å². The number of benzene rings is 2. The molecule has 10 heteroatoms. The zero-order chi connectivity index (χ0) is 20.7. The highest BCUT2D eigenvalue weighted by atomic mass is 35.5. The Morgan fingerprint density at radius 2 is 1.25 bits per heavy atom. The predicted octanol–water partition coefficient (Wildman–Crippen LogP) is 4.47. The van der Waals surface area contributed by atoms with E-state index in [1.807, 2.05) is 0 Å². The van der Waals surface area contributed by atoms with E-state index in [2.05, 4.69) is 0 Å². The van der Waals surface area contributed by atoms with Crippen LogP contribution in [0.4, 0.5) is 0 Å². The summed E-state index contributed by atoms with van der Waals surface area (Å²) in [5, 5.41) is 20.9. The van der Waals surface area contributed by atoms with Gasteiger partial charge < -0.3 is 19.7 Å². The summed E-state index contributed by atoms with van der Waals surface area (Å²) < 4.78 is 31.9. The van der Waals surface area contributed by atoms with E-state index in [4.69, 9.17) is 41.7 Å². The van der Waals surface area contributed by atoms with Crippen molar-refractivity contribution in [3.63, 3.8) is 0 Å².